The van der Waals surface area contributed by atoms with Crippen LogP contribution in [0.2, 0.25) is 5.28 Å². The number of nitrogens with one attached hydrogen (secondary N) is 2. The van der Waals surface area contributed by atoms with Crippen molar-refractivity contribution < 1.29 is 0 Å². The number of nitrogen functional groups attached to an aromatic ring is 2. The van der Waals surface area contributed by atoms with Crippen LogP contribution in [0.1, 0.15) is 0 Å². The van der Waals surface area contributed by atoms with Crippen molar-refractivity contribution in [3.8, 4) is 0 Å². The maximum absolute atomic E-state index is 5.63. The van der Waals surface area contributed by atoms with E-state index in [0.717, 1.165) is 5.69 Å². The summed E-state index contributed by atoms with van der Waals surface area (Å²) in [5.74, 6) is 0.270. The highest BCUT2D eigenvalue weighted by Crippen LogP contribution is 2.12. The van der Waals surface area contributed by atoms with Crippen LogP contribution in [0.4, 0.5) is 23.3 Å². The molecule has 6 N–H and O–H groups in total. The Hall–Kier alpha value is -2.28. The third kappa shape index (κ3) is 3.08. The zero-order chi connectivity index (χ0) is 12.3. The molecule has 0 aliphatic rings. The largest absolute Gasteiger partial charge is 0.399 e. The lowest BCUT2D eigenvalue weighted by atomic mass is 10.3. The molecule has 0 saturated heterocycles. The molecule has 0 atom stereocenters. The second-order valence-corrected chi connectivity index (χ2v) is 3.50. The number of benzene rings is 1. The topological polar surface area (TPSA) is 115 Å². The number of anilines is 4. The van der Waals surface area contributed by atoms with Gasteiger partial charge < -0.3 is 11.5 Å². The molecule has 0 saturated carbocycles. The van der Waals surface area contributed by atoms with Gasteiger partial charge in [-0.3, -0.25) is 10.9 Å². The number of nitrogens with two attached hydrogens (primary N) is 2. The fourth-order valence-corrected chi connectivity index (χ4v) is 1.33. The van der Waals surface area contributed by atoms with Gasteiger partial charge in [0.1, 0.15) is 0 Å². The van der Waals surface area contributed by atoms with Crippen LogP contribution in [0.3, 0.4) is 0 Å². The molecule has 0 amide bonds. The molecule has 8 heteroatoms. The molecule has 0 fully saturated rings. The zero-order valence-electron chi connectivity index (χ0n) is 8.68. The van der Waals surface area contributed by atoms with Crippen molar-refractivity contribution in [3.63, 3.8) is 0 Å². The van der Waals surface area contributed by atoms with Crippen LogP contribution >= 0.6 is 11.6 Å². The average molecular weight is 252 g/mol. The van der Waals surface area contributed by atoms with Gasteiger partial charge in [0.2, 0.25) is 17.2 Å². The Morgan fingerprint density at radius 2 is 1.88 bits per heavy atom. The molecule has 0 aliphatic heterocycles. The Morgan fingerprint density at radius 1 is 1.06 bits per heavy atom. The number of hydrazine groups is 1. The smallest absolute Gasteiger partial charge is 0.247 e. The van der Waals surface area contributed by atoms with Crippen LogP contribution in [0.25, 0.3) is 0 Å². The van der Waals surface area contributed by atoms with Crippen molar-refractivity contribution in [3.05, 3.63) is 29.5 Å². The third-order valence-corrected chi connectivity index (χ3v) is 2.00. The van der Waals surface area contributed by atoms with Crippen molar-refractivity contribution in [1.82, 2.24) is 15.0 Å². The Kier molecular flexibility index (Phi) is 3.10. The zero-order valence-corrected chi connectivity index (χ0v) is 9.44. The van der Waals surface area contributed by atoms with Gasteiger partial charge in [-0.15, -0.1) is 0 Å². The molecule has 1 aromatic carbocycles. The first kappa shape index (κ1) is 11.2. The van der Waals surface area contributed by atoms with E-state index < -0.39 is 0 Å². The van der Waals surface area contributed by atoms with Crippen molar-refractivity contribution in [2.75, 3.05) is 22.3 Å². The van der Waals surface area contributed by atoms with Gasteiger partial charge in [-0.05, 0) is 29.8 Å². The quantitative estimate of drug-likeness (QED) is 0.477. The maximum atomic E-state index is 5.63. The van der Waals surface area contributed by atoms with E-state index in [1.54, 1.807) is 12.1 Å². The highest BCUT2D eigenvalue weighted by atomic mass is 35.5. The van der Waals surface area contributed by atoms with Gasteiger partial charge in [0.25, 0.3) is 0 Å². The number of rotatable bonds is 3. The van der Waals surface area contributed by atoms with Crippen LogP contribution < -0.4 is 22.3 Å². The standard InChI is InChI=1S/C9H10ClN7/c10-7-13-8(12)15-9(14-7)17-16-6-3-1-2-5(11)4-6/h1-4,16H,11H2,(H3,12,13,14,15,17). The van der Waals surface area contributed by atoms with Crippen molar-refractivity contribution in [2.24, 2.45) is 0 Å². The first-order valence-electron chi connectivity index (χ1n) is 4.68. The number of nitrogens with zero attached hydrogens (tertiary/aromatic N) is 3. The highest BCUT2D eigenvalue weighted by Gasteiger charge is 2.01. The first-order chi connectivity index (χ1) is 8.13. The summed E-state index contributed by atoms with van der Waals surface area (Å²) in [6, 6.07) is 7.17. The molecule has 7 nitrogen and oxygen atoms in total. The number of hydrogen-bond donors (Lipinski definition) is 4. The van der Waals surface area contributed by atoms with Gasteiger partial charge in [-0.25, -0.2) is 0 Å². The number of halogens is 1. The van der Waals surface area contributed by atoms with Gasteiger partial charge in [-0.1, -0.05) is 6.07 Å². The first-order valence-corrected chi connectivity index (χ1v) is 5.06. The van der Waals surface area contributed by atoms with E-state index in [0.29, 0.717) is 5.69 Å². The lowest BCUT2D eigenvalue weighted by Crippen LogP contribution is -2.13. The molecule has 2 aromatic rings. The summed E-state index contributed by atoms with van der Waals surface area (Å²) >= 11 is 5.63. The van der Waals surface area contributed by atoms with Crippen LogP contribution in [0.5, 0.6) is 0 Å². The molecule has 1 heterocycles. The van der Waals surface area contributed by atoms with Gasteiger partial charge >= 0.3 is 0 Å². The van der Waals surface area contributed by atoms with Gasteiger partial charge in [0.15, 0.2) is 0 Å². The molecule has 0 spiro atoms. The minimum Gasteiger partial charge on any atom is -0.399 e. The van der Waals surface area contributed by atoms with Crippen LogP contribution in [-0.2, 0) is 0 Å². The van der Waals surface area contributed by atoms with Crippen LogP contribution in [0.15, 0.2) is 24.3 Å². The molecule has 17 heavy (non-hydrogen) atoms. The summed E-state index contributed by atoms with van der Waals surface area (Å²) in [4.78, 5) is 11.3. The molecular weight excluding hydrogens is 242 g/mol. The van der Waals surface area contributed by atoms with Crippen molar-refractivity contribution >= 4 is 34.9 Å². The lowest BCUT2D eigenvalue weighted by Gasteiger charge is -2.08. The minimum absolute atomic E-state index is 0.0226. The van der Waals surface area contributed by atoms with E-state index in [9.17, 15) is 0 Å². The average Bonchev–Trinajstić information content (AvgIpc) is 2.25. The maximum Gasteiger partial charge on any atom is 0.247 e. The molecular formula is C9H10ClN7. The summed E-state index contributed by atoms with van der Waals surface area (Å²) in [7, 11) is 0. The lowest BCUT2D eigenvalue weighted by molar-refractivity contribution is 1.06. The second kappa shape index (κ2) is 4.71. The summed E-state index contributed by atoms with van der Waals surface area (Å²) in [6.07, 6.45) is 0. The summed E-state index contributed by atoms with van der Waals surface area (Å²) < 4.78 is 0. The second-order valence-electron chi connectivity index (χ2n) is 3.16. The predicted molar refractivity (Wildman–Crippen MR) is 67.3 cm³/mol. The summed E-state index contributed by atoms with van der Waals surface area (Å²) in [5.41, 5.74) is 18.0. The minimum atomic E-state index is 0.0226. The molecule has 0 aliphatic carbocycles. The summed E-state index contributed by atoms with van der Waals surface area (Å²) in [6.45, 7) is 0. The molecule has 2 rings (SSSR count). The van der Waals surface area contributed by atoms with E-state index in [1.807, 2.05) is 12.1 Å². The van der Waals surface area contributed by atoms with E-state index in [2.05, 4.69) is 25.8 Å². The SMILES string of the molecule is Nc1cccc(NNc2nc(N)nc(Cl)n2)c1. The third-order valence-electron chi connectivity index (χ3n) is 1.83. The predicted octanol–water partition coefficient (Wildman–Crippen LogP) is 1.13. The highest BCUT2D eigenvalue weighted by molar-refractivity contribution is 6.28. The van der Waals surface area contributed by atoms with Crippen molar-refractivity contribution in [2.45, 2.75) is 0 Å². The molecule has 1 aromatic heterocycles. The van der Waals surface area contributed by atoms with Gasteiger partial charge in [0, 0.05) is 5.69 Å². The van der Waals surface area contributed by atoms with E-state index in [4.69, 9.17) is 23.1 Å². The molecule has 0 radical (unpaired) electrons. The fourth-order valence-electron chi connectivity index (χ4n) is 1.17. The Balaban J connectivity index is 2.07. The normalized spacial score (nSPS) is 9.94. The Labute approximate surface area is 102 Å². The molecule has 88 valence electrons. The Bertz CT molecular complexity index is 510. The van der Waals surface area contributed by atoms with Crippen LogP contribution in [0, 0.1) is 0 Å². The number of aromatic nitrogens is 3. The van der Waals surface area contributed by atoms with E-state index in [1.165, 1.54) is 0 Å². The van der Waals surface area contributed by atoms with Gasteiger partial charge in [-0.2, -0.15) is 15.0 Å². The monoisotopic (exact) mass is 251 g/mol. The fraction of sp³-hybridized carbons (Fsp3) is 0. The molecule has 0 bridgehead atoms. The van der Waals surface area contributed by atoms with E-state index >= 15 is 0 Å². The Morgan fingerprint density at radius 3 is 2.59 bits per heavy atom. The summed E-state index contributed by atoms with van der Waals surface area (Å²) in [5, 5.41) is 0.0226. The number of hydrogen-bond acceptors (Lipinski definition) is 7. The molecule has 0 unspecified atom stereocenters. The van der Waals surface area contributed by atoms with Crippen LogP contribution in [-0.4, -0.2) is 15.0 Å². The van der Waals surface area contributed by atoms with E-state index in [-0.39, 0.29) is 17.2 Å². The van der Waals surface area contributed by atoms with Gasteiger partial charge in [0.05, 0.1) is 5.69 Å². The van der Waals surface area contributed by atoms with Crippen molar-refractivity contribution in [1.29, 1.82) is 0 Å².